The lowest BCUT2D eigenvalue weighted by atomic mass is 10.1. The second kappa shape index (κ2) is 5.46. The predicted molar refractivity (Wildman–Crippen MR) is 71.5 cm³/mol. The molecule has 2 aromatic rings. The Labute approximate surface area is 122 Å². The van der Waals surface area contributed by atoms with Crippen molar-refractivity contribution in [2.75, 3.05) is 5.32 Å². The summed E-state index contributed by atoms with van der Waals surface area (Å²) in [7, 11) is 0. The van der Waals surface area contributed by atoms with Crippen molar-refractivity contribution in [1.29, 1.82) is 0 Å². The summed E-state index contributed by atoms with van der Waals surface area (Å²) in [4.78, 5) is 7.80. The van der Waals surface area contributed by atoms with Crippen LogP contribution in [0.1, 0.15) is 11.4 Å². The first-order chi connectivity index (χ1) is 9.25. The molecule has 0 radical (unpaired) electrons. The first-order valence-electron chi connectivity index (χ1n) is 5.40. The van der Waals surface area contributed by atoms with E-state index in [1.807, 2.05) is 0 Å². The summed E-state index contributed by atoms with van der Waals surface area (Å²) < 4.78 is 38.8. The Morgan fingerprint density at radius 2 is 1.80 bits per heavy atom. The second-order valence-electron chi connectivity index (χ2n) is 3.94. The van der Waals surface area contributed by atoms with Gasteiger partial charge in [-0.25, -0.2) is 9.97 Å². The van der Waals surface area contributed by atoms with E-state index < -0.39 is 11.7 Å². The van der Waals surface area contributed by atoms with Gasteiger partial charge in [-0.05, 0) is 25.1 Å². The van der Waals surface area contributed by atoms with Gasteiger partial charge in [-0.1, -0.05) is 23.2 Å². The molecule has 106 valence electrons. The topological polar surface area (TPSA) is 37.8 Å². The standard InChI is InChI=1S/C12H8Cl2F3N3/c1-6-18-10(14)5-11(19-6)20-9-3-2-7(13)4-8(9)12(15,16)17/h2-5H,1H3,(H,18,19,20). The van der Waals surface area contributed by atoms with E-state index in [1.54, 1.807) is 6.92 Å². The van der Waals surface area contributed by atoms with Crippen LogP contribution in [-0.2, 0) is 6.18 Å². The van der Waals surface area contributed by atoms with Crippen molar-refractivity contribution in [3.05, 3.63) is 45.8 Å². The zero-order chi connectivity index (χ0) is 14.9. The molecular formula is C12H8Cl2F3N3. The largest absolute Gasteiger partial charge is 0.418 e. The highest BCUT2D eigenvalue weighted by atomic mass is 35.5. The Bertz CT molecular complexity index is 624. The van der Waals surface area contributed by atoms with Crippen LogP contribution in [0.2, 0.25) is 10.2 Å². The lowest BCUT2D eigenvalue weighted by Gasteiger charge is -2.14. The summed E-state index contributed by atoms with van der Waals surface area (Å²) in [6.45, 7) is 1.59. The van der Waals surface area contributed by atoms with Gasteiger partial charge in [0.05, 0.1) is 11.3 Å². The van der Waals surface area contributed by atoms with Gasteiger partial charge in [0.1, 0.15) is 16.8 Å². The summed E-state index contributed by atoms with van der Waals surface area (Å²) in [6.07, 6.45) is -4.53. The van der Waals surface area contributed by atoms with Gasteiger partial charge in [0.2, 0.25) is 0 Å². The molecule has 3 nitrogen and oxygen atoms in total. The van der Waals surface area contributed by atoms with Gasteiger partial charge in [0.25, 0.3) is 0 Å². The molecule has 20 heavy (non-hydrogen) atoms. The van der Waals surface area contributed by atoms with Crippen molar-refractivity contribution in [1.82, 2.24) is 9.97 Å². The molecule has 1 heterocycles. The molecule has 0 amide bonds. The normalized spacial score (nSPS) is 11.5. The highest BCUT2D eigenvalue weighted by Gasteiger charge is 2.33. The number of alkyl halides is 3. The molecule has 0 bridgehead atoms. The van der Waals surface area contributed by atoms with Crippen LogP contribution in [0.4, 0.5) is 24.7 Å². The first-order valence-corrected chi connectivity index (χ1v) is 6.16. The molecule has 0 aliphatic heterocycles. The number of nitrogens with one attached hydrogen (secondary N) is 1. The number of halogens is 5. The number of hydrogen-bond donors (Lipinski definition) is 1. The zero-order valence-electron chi connectivity index (χ0n) is 10.1. The van der Waals surface area contributed by atoms with E-state index in [0.717, 1.165) is 6.07 Å². The van der Waals surface area contributed by atoms with Gasteiger partial charge in [-0.15, -0.1) is 0 Å². The maximum Gasteiger partial charge on any atom is 0.418 e. The van der Waals surface area contributed by atoms with Crippen molar-refractivity contribution >= 4 is 34.7 Å². The Kier molecular flexibility index (Phi) is 4.06. The molecule has 1 aromatic carbocycles. The van der Waals surface area contributed by atoms with E-state index in [9.17, 15) is 13.2 Å². The monoisotopic (exact) mass is 321 g/mol. The third-order valence-corrected chi connectivity index (χ3v) is 2.79. The fraction of sp³-hybridized carbons (Fsp3) is 0.167. The SMILES string of the molecule is Cc1nc(Cl)cc(Nc2ccc(Cl)cc2C(F)(F)F)n1. The third-order valence-electron chi connectivity index (χ3n) is 2.36. The highest BCUT2D eigenvalue weighted by Crippen LogP contribution is 2.37. The Hall–Kier alpha value is -1.53. The maximum atomic E-state index is 12.9. The number of anilines is 2. The molecule has 0 fully saturated rings. The van der Waals surface area contributed by atoms with Crippen LogP contribution in [0.15, 0.2) is 24.3 Å². The van der Waals surface area contributed by atoms with E-state index in [2.05, 4.69) is 15.3 Å². The van der Waals surface area contributed by atoms with Crippen LogP contribution in [0.3, 0.4) is 0 Å². The number of aromatic nitrogens is 2. The quantitative estimate of drug-likeness (QED) is 0.803. The van der Waals surface area contributed by atoms with Crippen LogP contribution in [0.5, 0.6) is 0 Å². The molecule has 0 saturated carbocycles. The number of benzene rings is 1. The minimum Gasteiger partial charge on any atom is -0.340 e. The average Bonchev–Trinajstić information content (AvgIpc) is 2.28. The summed E-state index contributed by atoms with van der Waals surface area (Å²) in [5, 5.41) is 2.71. The molecule has 0 aliphatic carbocycles. The second-order valence-corrected chi connectivity index (χ2v) is 4.76. The van der Waals surface area contributed by atoms with Crippen molar-refractivity contribution in [2.45, 2.75) is 13.1 Å². The van der Waals surface area contributed by atoms with Gasteiger partial charge in [0, 0.05) is 11.1 Å². The van der Waals surface area contributed by atoms with Crippen molar-refractivity contribution in [3.8, 4) is 0 Å². The summed E-state index contributed by atoms with van der Waals surface area (Å²) in [5.41, 5.74) is -1.03. The molecule has 1 N–H and O–H groups in total. The van der Waals surface area contributed by atoms with Gasteiger partial charge < -0.3 is 5.32 Å². The van der Waals surface area contributed by atoms with Gasteiger partial charge in [-0.2, -0.15) is 13.2 Å². The van der Waals surface area contributed by atoms with E-state index in [4.69, 9.17) is 23.2 Å². The molecule has 0 atom stereocenters. The highest BCUT2D eigenvalue weighted by molar-refractivity contribution is 6.30. The number of aryl methyl sites for hydroxylation is 1. The van der Waals surface area contributed by atoms with E-state index in [-0.39, 0.29) is 21.7 Å². The molecular weight excluding hydrogens is 314 g/mol. The fourth-order valence-electron chi connectivity index (χ4n) is 1.59. The van der Waals surface area contributed by atoms with Crippen LogP contribution < -0.4 is 5.32 Å². The Morgan fingerprint density at radius 3 is 2.40 bits per heavy atom. The Balaban J connectivity index is 2.43. The first kappa shape index (κ1) is 14.9. The fourth-order valence-corrected chi connectivity index (χ4v) is 1.99. The summed E-state index contributed by atoms with van der Waals surface area (Å²) in [6, 6.07) is 4.77. The smallest absolute Gasteiger partial charge is 0.340 e. The maximum absolute atomic E-state index is 12.9. The number of hydrogen-bond acceptors (Lipinski definition) is 3. The van der Waals surface area contributed by atoms with Crippen LogP contribution in [0, 0.1) is 6.92 Å². The molecule has 2 rings (SSSR count). The van der Waals surface area contributed by atoms with Crippen LogP contribution in [0.25, 0.3) is 0 Å². The van der Waals surface area contributed by atoms with Crippen molar-refractivity contribution in [3.63, 3.8) is 0 Å². The van der Waals surface area contributed by atoms with Crippen LogP contribution >= 0.6 is 23.2 Å². The minimum absolute atomic E-state index is 0.000208. The molecule has 8 heteroatoms. The summed E-state index contributed by atoms with van der Waals surface area (Å²) >= 11 is 11.3. The molecule has 0 saturated heterocycles. The van der Waals surface area contributed by atoms with Crippen LogP contribution in [-0.4, -0.2) is 9.97 Å². The molecule has 0 spiro atoms. The van der Waals surface area contributed by atoms with E-state index in [1.165, 1.54) is 18.2 Å². The summed E-state index contributed by atoms with van der Waals surface area (Å²) in [5.74, 6) is 0.526. The molecule has 0 unspecified atom stereocenters. The number of nitrogens with zero attached hydrogens (tertiary/aromatic N) is 2. The molecule has 0 aliphatic rings. The average molecular weight is 322 g/mol. The van der Waals surface area contributed by atoms with Gasteiger partial charge >= 0.3 is 6.18 Å². The lowest BCUT2D eigenvalue weighted by Crippen LogP contribution is -2.09. The lowest BCUT2D eigenvalue weighted by molar-refractivity contribution is -0.136. The Morgan fingerprint density at radius 1 is 1.10 bits per heavy atom. The molecule has 1 aromatic heterocycles. The van der Waals surface area contributed by atoms with Crippen molar-refractivity contribution < 1.29 is 13.2 Å². The van der Waals surface area contributed by atoms with Gasteiger partial charge in [0.15, 0.2) is 0 Å². The zero-order valence-corrected chi connectivity index (χ0v) is 11.6. The third kappa shape index (κ3) is 3.52. The van der Waals surface area contributed by atoms with Crippen molar-refractivity contribution in [2.24, 2.45) is 0 Å². The van der Waals surface area contributed by atoms with Gasteiger partial charge in [-0.3, -0.25) is 0 Å². The minimum atomic E-state index is -4.53. The predicted octanol–water partition coefficient (Wildman–Crippen LogP) is 4.85. The van der Waals surface area contributed by atoms with E-state index >= 15 is 0 Å². The van der Waals surface area contributed by atoms with E-state index in [0.29, 0.717) is 5.82 Å². The number of rotatable bonds is 2.